The number of hydrogen-bond donors (Lipinski definition) is 26. The molecule has 105 heavy (non-hydrogen) atoms. The van der Waals surface area contributed by atoms with Gasteiger partial charge in [0.05, 0.1) is 58.5 Å². The second kappa shape index (κ2) is 37.3. The lowest BCUT2D eigenvalue weighted by atomic mass is 9.93. The van der Waals surface area contributed by atoms with Gasteiger partial charge in [-0.25, -0.2) is 0 Å². The maximum Gasteiger partial charge on any atom is 0.217 e. The molecule has 9 aliphatic heterocycles. The number of methoxy groups -OCH3 is 1. The summed E-state index contributed by atoms with van der Waals surface area (Å²) in [7, 11) is 1.08. The normalized spacial score (nSPS) is 51.5. The van der Waals surface area contributed by atoms with Crippen molar-refractivity contribution >= 4 is 11.8 Å². The zero-order valence-corrected chi connectivity index (χ0v) is 56.8. The topological polar surface area (TPSA) is 710 Å². The largest absolute Gasteiger partial charge is 0.394 e. The van der Waals surface area contributed by atoms with Gasteiger partial charge in [0.2, 0.25) is 11.8 Å². The number of carbonyl (C=O) groups excluding carboxylic acids is 2. The van der Waals surface area contributed by atoms with Crippen LogP contribution in [0.15, 0.2) is 0 Å². The molecule has 9 saturated heterocycles. The Morgan fingerprint density at radius 1 is 0.286 bits per heavy atom. The van der Waals surface area contributed by atoms with Crippen LogP contribution < -0.4 is 10.6 Å². The molecule has 0 aliphatic carbocycles. The van der Waals surface area contributed by atoms with E-state index in [1.807, 2.05) is 0 Å². The summed E-state index contributed by atoms with van der Waals surface area (Å²) in [5, 5.41) is 271. The van der Waals surface area contributed by atoms with Gasteiger partial charge in [0.15, 0.2) is 56.6 Å². The molecule has 45 atom stereocenters. The van der Waals surface area contributed by atoms with Crippen molar-refractivity contribution in [1.29, 1.82) is 0 Å². The van der Waals surface area contributed by atoms with Crippen molar-refractivity contribution in [2.75, 3.05) is 53.4 Å². The van der Waals surface area contributed by atoms with Crippen LogP contribution in [0.1, 0.15) is 27.7 Å². The van der Waals surface area contributed by atoms with E-state index in [2.05, 4.69) is 10.6 Å². The van der Waals surface area contributed by atoms with Crippen LogP contribution in [-0.2, 0) is 94.9 Å². The summed E-state index contributed by atoms with van der Waals surface area (Å²) in [5.74, 6) is -1.86. The third-order valence-electron chi connectivity index (χ3n) is 19.7. The van der Waals surface area contributed by atoms with Gasteiger partial charge in [-0.15, -0.1) is 0 Å². The van der Waals surface area contributed by atoms with E-state index in [1.54, 1.807) is 0 Å². The number of hydrogen-bond acceptors (Lipinski definition) is 44. The van der Waals surface area contributed by atoms with Crippen molar-refractivity contribution in [1.82, 2.24) is 10.6 Å². The second-order valence-electron chi connectivity index (χ2n) is 26.9. The van der Waals surface area contributed by atoms with Crippen molar-refractivity contribution < 1.29 is 217 Å². The first-order chi connectivity index (χ1) is 49.6. The fourth-order valence-electron chi connectivity index (χ4n) is 13.5. The molecule has 46 heteroatoms. The highest BCUT2D eigenvalue weighted by Crippen LogP contribution is 2.40. The predicted molar refractivity (Wildman–Crippen MR) is 322 cm³/mol. The van der Waals surface area contributed by atoms with Gasteiger partial charge in [0, 0.05) is 21.0 Å². The molecule has 0 saturated carbocycles. The summed E-state index contributed by atoms with van der Waals surface area (Å²) < 4.78 is 108. The summed E-state index contributed by atoms with van der Waals surface area (Å²) in [5.41, 5.74) is 0. The summed E-state index contributed by atoms with van der Waals surface area (Å²) in [6.07, 6.45) is -86.9. The first-order valence-corrected chi connectivity index (χ1v) is 33.7. The van der Waals surface area contributed by atoms with Crippen molar-refractivity contribution in [3.05, 3.63) is 0 Å². The zero-order valence-electron chi connectivity index (χ0n) is 56.8. The van der Waals surface area contributed by atoms with E-state index in [1.165, 1.54) is 13.8 Å². The Kier molecular flexibility index (Phi) is 30.6. The minimum Gasteiger partial charge on any atom is -0.394 e. The predicted octanol–water partition coefficient (Wildman–Crippen LogP) is -17.6. The highest BCUT2D eigenvalue weighted by atomic mass is 16.8. The molecular weight excluding hydrogens is 1440 g/mol. The fourth-order valence-corrected chi connectivity index (χ4v) is 13.5. The summed E-state index contributed by atoms with van der Waals surface area (Å²) in [4.78, 5) is 26.0. The number of ether oxygens (including phenoxy) is 18. The van der Waals surface area contributed by atoms with Crippen molar-refractivity contribution in [3.8, 4) is 0 Å². The number of amides is 2. The van der Waals surface area contributed by atoms with Crippen LogP contribution in [0.2, 0.25) is 0 Å². The number of rotatable bonds is 26. The molecule has 0 aromatic heterocycles. The summed E-state index contributed by atoms with van der Waals surface area (Å²) >= 11 is 0. The highest BCUT2D eigenvalue weighted by Gasteiger charge is 2.61. The van der Waals surface area contributed by atoms with Gasteiger partial charge in [0.25, 0.3) is 0 Å². The number of aliphatic hydroxyl groups is 24. The molecule has 0 bridgehead atoms. The maximum absolute atomic E-state index is 13.6. The van der Waals surface area contributed by atoms with Crippen LogP contribution in [0.3, 0.4) is 0 Å². The quantitative estimate of drug-likeness (QED) is 0.0382. The Hall–Kier alpha value is -2.74. The lowest BCUT2D eigenvalue weighted by Gasteiger charge is -2.52. The Labute approximate surface area is 595 Å². The van der Waals surface area contributed by atoms with Gasteiger partial charge in [-0.3, -0.25) is 9.59 Å². The molecule has 9 rings (SSSR count). The molecule has 610 valence electrons. The smallest absolute Gasteiger partial charge is 0.217 e. The van der Waals surface area contributed by atoms with Gasteiger partial charge in [-0.1, -0.05) is 0 Å². The van der Waals surface area contributed by atoms with E-state index < -0.39 is 334 Å². The summed E-state index contributed by atoms with van der Waals surface area (Å²) in [6.45, 7) is -2.79. The molecule has 26 N–H and O–H groups in total. The Morgan fingerprint density at radius 2 is 0.619 bits per heavy atom. The molecule has 2 amide bonds. The number of aliphatic hydroxyl groups excluding tert-OH is 24. The molecule has 9 fully saturated rings. The highest BCUT2D eigenvalue weighted by molar-refractivity contribution is 5.73. The van der Waals surface area contributed by atoms with E-state index in [0.717, 1.165) is 21.0 Å². The Bertz CT molecular complexity index is 2690. The second-order valence-corrected chi connectivity index (χ2v) is 26.9. The van der Waals surface area contributed by atoms with Crippen LogP contribution >= 0.6 is 0 Å². The van der Waals surface area contributed by atoms with Crippen LogP contribution in [0.4, 0.5) is 0 Å². The third-order valence-corrected chi connectivity index (χ3v) is 19.7. The molecule has 0 aromatic carbocycles. The number of nitrogens with one attached hydrogen (secondary N) is 2. The molecule has 0 radical (unpaired) electrons. The van der Waals surface area contributed by atoms with Crippen molar-refractivity contribution in [3.63, 3.8) is 0 Å². The SMILES string of the molecule is CO[C@@H]1[C@H](O[C@H]2[C@H](OC[C@H]3O[C@@H](O[C@H]4[C@@H](O)[C@@H](CO[C@@H]5O[C@H](CO)[C@@H](O)[C@H](O)[C@H]5O)O[C@@H](O[C@H]5[C@H](O)[C@@H](NC(C)=O)C(O)O[C@@H]5CO)[C@@H]4NC(C)=O)[C@H](O[C@@H]4O[C@@H](C)[C@@H](O)[C@@H](O)[C@@H]4O)[C@@H](O[C@@H]4O[C@H](CO)[C@H](O)[C@H](O)[C@H]4O)[C@H]3O)O[C@H](CO[C@@H]3O[C@H](CO)[C@H](O)[C@H](O)[C@H]3O)[C@H](O)[C@@H]2O)O[C@@H](C)[C@@H](O)[C@H]1O. The fraction of sp³-hybridized carbons (Fsp3) is 0.966. The van der Waals surface area contributed by atoms with E-state index in [9.17, 15) is 132 Å². The van der Waals surface area contributed by atoms with Gasteiger partial charge in [-0.2, -0.15) is 0 Å². The lowest BCUT2D eigenvalue weighted by molar-refractivity contribution is -0.408. The van der Waals surface area contributed by atoms with Gasteiger partial charge in [-0.05, 0) is 13.8 Å². The molecule has 9 aliphatic rings. The van der Waals surface area contributed by atoms with Gasteiger partial charge >= 0.3 is 0 Å². The van der Waals surface area contributed by atoms with Gasteiger partial charge in [0.1, 0.15) is 207 Å². The number of carbonyl (C=O) groups is 2. The monoisotopic (exact) mass is 1540 g/mol. The molecule has 1 unspecified atom stereocenters. The Morgan fingerprint density at radius 3 is 1.11 bits per heavy atom. The van der Waals surface area contributed by atoms with Crippen molar-refractivity contribution in [2.24, 2.45) is 0 Å². The molecule has 0 spiro atoms. The van der Waals surface area contributed by atoms with E-state index >= 15 is 0 Å². The average molecular weight is 1540 g/mol. The molecule has 9 heterocycles. The lowest BCUT2D eigenvalue weighted by Crippen LogP contribution is -2.71. The molecule has 46 nitrogen and oxygen atoms in total. The zero-order chi connectivity index (χ0) is 77.2. The first kappa shape index (κ1) is 86.2. The van der Waals surface area contributed by atoms with Gasteiger partial charge < -0.3 is 218 Å². The van der Waals surface area contributed by atoms with Crippen LogP contribution in [0.5, 0.6) is 0 Å². The minimum absolute atomic E-state index is 0.834. The third kappa shape index (κ3) is 18.8. The van der Waals surface area contributed by atoms with E-state index in [0.29, 0.717) is 0 Å². The Balaban J connectivity index is 1.15. The first-order valence-electron chi connectivity index (χ1n) is 33.7. The van der Waals surface area contributed by atoms with Crippen LogP contribution in [0.25, 0.3) is 0 Å². The van der Waals surface area contributed by atoms with Crippen LogP contribution in [-0.4, -0.2) is 464 Å². The average Bonchev–Trinajstić information content (AvgIpc) is 0.760. The molecule has 0 aromatic rings. The molecular formula is C59H100N2O44. The maximum atomic E-state index is 13.6. The van der Waals surface area contributed by atoms with Crippen LogP contribution in [0, 0.1) is 0 Å². The van der Waals surface area contributed by atoms with E-state index in [-0.39, 0.29) is 0 Å². The standard InChI is InChI=1S/C59H100N2O44/c1-13-26(68)35(77)43(85)55(92-13)105-50-47(103-56-44(86)38(80)30(72)19(8-64)97-56)33(75)23(12-91-57-49(104-58-48(88-5)39(81)27(69)14(2)93-58)40(82)31(73)21(99-57)10-89-53-41(83)36(78)28(70)17(6-62)95-53)100-59(50)102-46-25(61-16(4)67)52(101-45-20(9-65)94-51(87)24(34(45)76)60-15(3)66)98-22(32(46)74)11-90-54-42(84)37(79)29(71)18(7-63)96-54/h13-14,17-59,62-65,68-87H,6-12H2,1-5H3,(H,60,66)(H,61,67)/t13-,14-,17+,18+,19+,20+,21+,22+,23+,24+,25+,26+,27+,28-,29+,30-,31-,32-,33-,34+,35+,36-,37-,38-,39+,40-,41+,42+,43-,44+,45+,46+,47-,48-,49+,50+,51?,52-,53+,54+,55-,56-,57+,58-,59-/m0/s1. The minimum atomic E-state index is -2.53. The summed E-state index contributed by atoms with van der Waals surface area (Å²) in [6, 6.07) is -3.83. The van der Waals surface area contributed by atoms with Crippen molar-refractivity contribution in [2.45, 2.75) is 304 Å². The van der Waals surface area contributed by atoms with E-state index in [4.69, 9.17) is 85.3 Å².